The zero-order valence-corrected chi connectivity index (χ0v) is 16.4. The molecule has 1 heterocycles. The summed E-state index contributed by atoms with van der Waals surface area (Å²) in [6.45, 7) is 7.55. The Hall–Kier alpha value is -2.53. The van der Waals surface area contributed by atoms with Crippen molar-refractivity contribution >= 4 is 11.6 Å². The summed E-state index contributed by atoms with van der Waals surface area (Å²) in [4.78, 5) is 17.2. The first kappa shape index (κ1) is 19.2. The van der Waals surface area contributed by atoms with Crippen LogP contribution in [0.25, 0.3) is 0 Å². The molecule has 0 unspecified atom stereocenters. The molecule has 1 saturated heterocycles. The van der Waals surface area contributed by atoms with Crippen molar-refractivity contribution in [2.75, 3.05) is 38.2 Å². The van der Waals surface area contributed by atoms with Crippen molar-refractivity contribution in [3.8, 4) is 5.75 Å². The lowest BCUT2D eigenvalue weighted by molar-refractivity contribution is 0.0642. The number of para-hydroxylation sites is 1. The van der Waals surface area contributed by atoms with Crippen LogP contribution in [0.4, 0.5) is 5.69 Å². The van der Waals surface area contributed by atoms with Crippen LogP contribution in [-0.2, 0) is 11.3 Å². The van der Waals surface area contributed by atoms with Crippen LogP contribution >= 0.6 is 0 Å². The quantitative estimate of drug-likeness (QED) is 0.782. The van der Waals surface area contributed by atoms with E-state index in [2.05, 4.69) is 17.0 Å². The first-order valence-corrected chi connectivity index (χ1v) is 9.46. The number of anilines is 1. The summed E-state index contributed by atoms with van der Waals surface area (Å²) in [6, 6.07) is 15.9. The van der Waals surface area contributed by atoms with Crippen LogP contribution in [0.1, 0.15) is 29.8 Å². The molecule has 144 valence electrons. The number of rotatable bonds is 6. The summed E-state index contributed by atoms with van der Waals surface area (Å²) in [6.07, 6.45) is 0.125. The minimum atomic E-state index is 0.0659. The second-order valence-corrected chi connectivity index (χ2v) is 7.00. The Balaban J connectivity index is 1.66. The number of amides is 1. The van der Waals surface area contributed by atoms with E-state index in [-0.39, 0.29) is 12.0 Å². The Labute approximate surface area is 161 Å². The maximum absolute atomic E-state index is 13.0. The number of benzene rings is 2. The highest BCUT2D eigenvalue weighted by Gasteiger charge is 2.23. The monoisotopic (exact) mass is 368 g/mol. The minimum absolute atomic E-state index is 0.0659. The van der Waals surface area contributed by atoms with Gasteiger partial charge in [0.15, 0.2) is 0 Å². The van der Waals surface area contributed by atoms with Gasteiger partial charge in [-0.3, -0.25) is 4.79 Å². The van der Waals surface area contributed by atoms with Crippen LogP contribution in [0.3, 0.4) is 0 Å². The van der Waals surface area contributed by atoms with Gasteiger partial charge in [0.05, 0.1) is 19.8 Å². The molecule has 5 heteroatoms. The highest BCUT2D eigenvalue weighted by molar-refractivity contribution is 5.94. The van der Waals surface area contributed by atoms with Crippen LogP contribution in [0.15, 0.2) is 48.5 Å². The van der Waals surface area contributed by atoms with Crippen molar-refractivity contribution < 1.29 is 14.3 Å². The van der Waals surface area contributed by atoms with Gasteiger partial charge in [-0.15, -0.1) is 0 Å². The molecule has 1 amide bonds. The molecule has 0 atom stereocenters. The minimum Gasteiger partial charge on any atom is -0.496 e. The number of ether oxygens (including phenoxy) is 2. The molecule has 0 aromatic heterocycles. The number of carbonyl (C=O) groups is 1. The molecule has 0 spiro atoms. The Morgan fingerprint density at radius 3 is 2.37 bits per heavy atom. The second-order valence-electron chi connectivity index (χ2n) is 7.00. The van der Waals surface area contributed by atoms with E-state index in [9.17, 15) is 4.79 Å². The number of piperazine rings is 1. The van der Waals surface area contributed by atoms with Gasteiger partial charge in [0.1, 0.15) is 5.75 Å². The van der Waals surface area contributed by atoms with Gasteiger partial charge in [0.25, 0.3) is 5.91 Å². The molecule has 1 aliphatic heterocycles. The lowest BCUT2D eigenvalue weighted by Crippen LogP contribution is -2.48. The van der Waals surface area contributed by atoms with Gasteiger partial charge in [-0.05, 0) is 44.2 Å². The topological polar surface area (TPSA) is 42.0 Å². The molecule has 1 fully saturated rings. The van der Waals surface area contributed by atoms with E-state index in [4.69, 9.17) is 9.47 Å². The molecule has 0 saturated carbocycles. The Kier molecular flexibility index (Phi) is 6.35. The third-order valence-electron chi connectivity index (χ3n) is 4.79. The average Bonchev–Trinajstić information content (AvgIpc) is 2.72. The van der Waals surface area contributed by atoms with Crippen LogP contribution in [-0.4, -0.2) is 50.2 Å². The summed E-state index contributed by atoms with van der Waals surface area (Å²) in [5.41, 5.74) is 2.80. The summed E-state index contributed by atoms with van der Waals surface area (Å²) in [5.74, 6) is 0.817. The number of hydrogen-bond donors (Lipinski definition) is 0. The van der Waals surface area contributed by atoms with Crippen LogP contribution in [0.5, 0.6) is 5.75 Å². The molecule has 5 nitrogen and oxygen atoms in total. The van der Waals surface area contributed by atoms with E-state index in [0.29, 0.717) is 12.2 Å². The second kappa shape index (κ2) is 8.91. The predicted octanol–water partition coefficient (Wildman–Crippen LogP) is 3.58. The molecule has 0 radical (unpaired) electrons. The van der Waals surface area contributed by atoms with Crippen molar-refractivity contribution in [3.05, 3.63) is 59.7 Å². The normalized spacial score (nSPS) is 14.5. The number of nitrogens with zero attached hydrogens (tertiary/aromatic N) is 2. The zero-order valence-electron chi connectivity index (χ0n) is 16.4. The van der Waals surface area contributed by atoms with Gasteiger partial charge in [-0.1, -0.05) is 18.2 Å². The van der Waals surface area contributed by atoms with E-state index in [1.165, 1.54) is 5.69 Å². The van der Waals surface area contributed by atoms with Crippen molar-refractivity contribution in [1.82, 2.24) is 4.90 Å². The predicted molar refractivity (Wildman–Crippen MR) is 107 cm³/mol. The molecule has 0 aliphatic carbocycles. The summed E-state index contributed by atoms with van der Waals surface area (Å²) < 4.78 is 11.1. The van der Waals surface area contributed by atoms with Crippen molar-refractivity contribution in [3.63, 3.8) is 0 Å². The maximum Gasteiger partial charge on any atom is 0.253 e. The smallest absolute Gasteiger partial charge is 0.253 e. The lowest BCUT2D eigenvalue weighted by Gasteiger charge is -2.36. The van der Waals surface area contributed by atoms with Gasteiger partial charge in [-0.25, -0.2) is 0 Å². The van der Waals surface area contributed by atoms with Crippen LogP contribution in [0, 0.1) is 0 Å². The first-order valence-electron chi connectivity index (χ1n) is 9.46. The number of carbonyl (C=O) groups excluding carboxylic acids is 1. The first-order chi connectivity index (χ1) is 13.1. The third kappa shape index (κ3) is 4.80. The molecule has 3 rings (SSSR count). The van der Waals surface area contributed by atoms with E-state index in [1.807, 2.05) is 55.1 Å². The fraction of sp³-hybridized carbons (Fsp3) is 0.409. The van der Waals surface area contributed by atoms with Crippen molar-refractivity contribution in [2.24, 2.45) is 0 Å². The van der Waals surface area contributed by atoms with Crippen LogP contribution in [0.2, 0.25) is 0 Å². The van der Waals surface area contributed by atoms with Crippen molar-refractivity contribution in [1.29, 1.82) is 0 Å². The molecular weight excluding hydrogens is 340 g/mol. The Bertz CT molecular complexity index is 753. The maximum atomic E-state index is 13.0. The zero-order chi connectivity index (χ0) is 19.2. The summed E-state index contributed by atoms with van der Waals surface area (Å²) in [5, 5.41) is 0. The number of methoxy groups -OCH3 is 1. The van der Waals surface area contributed by atoms with Gasteiger partial charge in [0.2, 0.25) is 0 Å². The van der Waals surface area contributed by atoms with E-state index in [1.54, 1.807) is 7.11 Å². The van der Waals surface area contributed by atoms with Gasteiger partial charge in [0, 0.05) is 43.0 Å². The summed E-state index contributed by atoms with van der Waals surface area (Å²) >= 11 is 0. The molecule has 0 bridgehead atoms. The molecule has 2 aromatic carbocycles. The molecule has 0 N–H and O–H groups in total. The Morgan fingerprint density at radius 2 is 1.74 bits per heavy atom. The average molecular weight is 368 g/mol. The Morgan fingerprint density at radius 1 is 1.04 bits per heavy atom. The summed E-state index contributed by atoms with van der Waals surface area (Å²) in [7, 11) is 1.64. The fourth-order valence-corrected chi connectivity index (χ4v) is 3.27. The molecular formula is C22H28N2O3. The van der Waals surface area contributed by atoms with Gasteiger partial charge < -0.3 is 19.3 Å². The lowest BCUT2D eigenvalue weighted by atomic mass is 10.1. The standard InChI is InChI=1S/C22H28N2O3/c1-17(2)27-16-19-15-18(9-10-21(19)26-3)22(25)24-13-11-23(12-14-24)20-7-5-4-6-8-20/h4-10,15,17H,11-14,16H2,1-3H3. The third-order valence-corrected chi connectivity index (χ3v) is 4.79. The largest absolute Gasteiger partial charge is 0.496 e. The van der Waals surface area contributed by atoms with E-state index >= 15 is 0 Å². The molecule has 1 aliphatic rings. The SMILES string of the molecule is COc1ccc(C(=O)N2CCN(c3ccccc3)CC2)cc1COC(C)C. The number of hydrogen-bond acceptors (Lipinski definition) is 4. The highest BCUT2D eigenvalue weighted by Crippen LogP contribution is 2.23. The van der Waals surface area contributed by atoms with E-state index in [0.717, 1.165) is 37.5 Å². The fourth-order valence-electron chi connectivity index (χ4n) is 3.27. The van der Waals surface area contributed by atoms with E-state index < -0.39 is 0 Å². The van der Waals surface area contributed by atoms with Gasteiger partial charge in [-0.2, -0.15) is 0 Å². The molecule has 2 aromatic rings. The van der Waals surface area contributed by atoms with Crippen molar-refractivity contribution in [2.45, 2.75) is 26.6 Å². The molecule has 27 heavy (non-hydrogen) atoms. The highest BCUT2D eigenvalue weighted by atomic mass is 16.5. The van der Waals surface area contributed by atoms with Gasteiger partial charge >= 0.3 is 0 Å². The van der Waals surface area contributed by atoms with Crippen LogP contribution < -0.4 is 9.64 Å².